The summed E-state index contributed by atoms with van der Waals surface area (Å²) in [7, 11) is -0.870. The minimum Gasteiger partial charge on any atom is -0.347 e. The van der Waals surface area contributed by atoms with E-state index in [1.807, 2.05) is 0 Å². The summed E-state index contributed by atoms with van der Waals surface area (Å²) in [6.45, 7) is 1.71. The molecule has 30 heavy (non-hydrogen) atoms. The molecule has 1 fully saturated rings. The van der Waals surface area contributed by atoms with Crippen LogP contribution in [-0.2, 0) is 10.8 Å². The van der Waals surface area contributed by atoms with Gasteiger partial charge in [0.05, 0.1) is 12.0 Å². The molecule has 2 aromatic rings. The molecule has 2 aromatic carbocycles. The first-order chi connectivity index (χ1) is 14.0. The fourth-order valence-electron chi connectivity index (χ4n) is 3.16. The Labute approximate surface area is 184 Å². The Hall–Kier alpha value is -1.83. The predicted octanol–water partition coefficient (Wildman–Crippen LogP) is 5.52. The van der Waals surface area contributed by atoms with Crippen molar-refractivity contribution in [2.24, 2.45) is 0 Å². The molecule has 9 heteroatoms. The number of amides is 1. The van der Waals surface area contributed by atoms with Crippen molar-refractivity contribution in [1.29, 1.82) is 0 Å². The fourth-order valence-corrected chi connectivity index (χ4v) is 4.67. The zero-order valence-electron chi connectivity index (χ0n) is 15.8. The minimum absolute atomic E-state index is 0.0538. The average Bonchev–Trinajstić information content (AvgIpc) is 2.58. The van der Waals surface area contributed by atoms with Gasteiger partial charge in [-0.3, -0.25) is 9.00 Å². The van der Waals surface area contributed by atoms with Gasteiger partial charge < -0.3 is 5.32 Å². The summed E-state index contributed by atoms with van der Waals surface area (Å²) in [5.41, 5.74) is 1.53. The Morgan fingerprint density at radius 1 is 1.17 bits per heavy atom. The Morgan fingerprint density at radius 3 is 2.33 bits per heavy atom. The number of rotatable bonds is 5. The van der Waals surface area contributed by atoms with Crippen molar-refractivity contribution >= 4 is 46.0 Å². The van der Waals surface area contributed by atoms with Crippen LogP contribution in [0.5, 0.6) is 0 Å². The second kappa shape index (κ2) is 9.12. The van der Waals surface area contributed by atoms with E-state index in [4.69, 9.17) is 23.2 Å². The number of aryl methyl sites for hydroxylation is 1. The van der Waals surface area contributed by atoms with Gasteiger partial charge in [0.25, 0.3) is 5.91 Å². The number of alkyl halides is 3. The van der Waals surface area contributed by atoms with Crippen LogP contribution in [0.3, 0.4) is 0 Å². The first-order valence-corrected chi connectivity index (χ1v) is 11.2. The van der Waals surface area contributed by atoms with Gasteiger partial charge in [0.2, 0.25) is 0 Å². The first kappa shape index (κ1) is 22.8. The summed E-state index contributed by atoms with van der Waals surface area (Å²) in [5.74, 6) is -1.28. The van der Waals surface area contributed by atoms with Gasteiger partial charge in [-0.1, -0.05) is 47.5 Å². The molecule has 0 aliphatic carbocycles. The Balaban J connectivity index is 1.80. The monoisotopic (exact) mass is 475 g/mol. The van der Waals surface area contributed by atoms with Crippen molar-refractivity contribution in [3.05, 3.63) is 74.8 Å². The quantitative estimate of drug-likeness (QED) is 0.618. The third-order valence-electron chi connectivity index (χ3n) is 4.68. The molecule has 0 saturated carbocycles. The average molecular weight is 476 g/mol. The lowest BCUT2D eigenvalue weighted by atomic mass is 9.96. The summed E-state index contributed by atoms with van der Waals surface area (Å²) >= 11 is 11.7. The van der Waals surface area contributed by atoms with Crippen LogP contribution in [0.25, 0.3) is 6.08 Å². The van der Waals surface area contributed by atoms with Crippen LogP contribution in [-0.4, -0.2) is 33.8 Å². The van der Waals surface area contributed by atoms with Crippen LogP contribution in [0, 0.1) is 6.92 Å². The highest BCUT2D eigenvalue weighted by Gasteiger charge is 2.39. The van der Waals surface area contributed by atoms with E-state index in [9.17, 15) is 22.2 Å². The highest BCUT2D eigenvalue weighted by Crippen LogP contribution is 2.38. The number of hydrogen-bond acceptors (Lipinski definition) is 2. The van der Waals surface area contributed by atoms with Gasteiger partial charge in [-0.2, -0.15) is 13.2 Å². The molecule has 160 valence electrons. The van der Waals surface area contributed by atoms with E-state index in [-0.39, 0.29) is 27.6 Å². The van der Waals surface area contributed by atoms with Crippen LogP contribution < -0.4 is 5.32 Å². The van der Waals surface area contributed by atoms with Crippen molar-refractivity contribution in [2.45, 2.75) is 25.1 Å². The van der Waals surface area contributed by atoms with Gasteiger partial charge in [-0.05, 0) is 47.9 Å². The smallest absolute Gasteiger partial charge is 0.347 e. The lowest BCUT2D eigenvalue weighted by Crippen LogP contribution is -2.50. The maximum atomic E-state index is 13.6. The highest BCUT2D eigenvalue weighted by molar-refractivity contribution is 7.86. The first-order valence-electron chi connectivity index (χ1n) is 9.00. The van der Waals surface area contributed by atoms with Crippen molar-refractivity contribution in [3.63, 3.8) is 0 Å². The zero-order valence-corrected chi connectivity index (χ0v) is 18.1. The summed E-state index contributed by atoms with van der Waals surface area (Å²) in [6.07, 6.45) is -2.13. The Kier molecular flexibility index (Phi) is 6.95. The van der Waals surface area contributed by atoms with Gasteiger partial charge in [0.15, 0.2) is 0 Å². The summed E-state index contributed by atoms with van der Waals surface area (Å²) in [6, 6.07) is 8.54. The molecule has 0 spiro atoms. The van der Waals surface area contributed by atoms with Crippen LogP contribution in [0.15, 0.2) is 42.5 Å². The number of nitrogens with one attached hydrogen (secondary N) is 1. The number of carbonyl (C=O) groups is 1. The van der Waals surface area contributed by atoms with Gasteiger partial charge in [0, 0.05) is 37.9 Å². The lowest BCUT2D eigenvalue weighted by molar-refractivity contribution is -0.139. The molecule has 1 N–H and O–H groups in total. The standard InChI is InChI=1S/C21H18Cl2F3NO2S/c1-12-6-13(2-4-18(12)20(28)27-17-10-30(29)11-17)3-5-19(21(24,25)26)14-7-15(22)9-16(23)8-14/h2-9,17,19H,10-11H2,1H3,(H,27,28)/b5-3+/t17?,19-,30?/m0/s1. The van der Waals surface area contributed by atoms with E-state index >= 15 is 0 Å². The molecule has 0 unspecified atom stereocenters. The largest absolute Gasteiger partial charge is 0.399 e. The summed E-state index contributed by atoms with van der Waals surface area (Å²) in [4.78, 5) is 12.3. The Morgan fingerprint density at radius 2 is 1.80 bits per heavy atom. The minimum atomic E-state index is -4.53. The second-order valence-electron chi connectivity index (χ2n) is 7.10. The molecular weight excluding hydrogens is 458 g/mol. The fraction of sp³-hybridized carbons (Fsp3) is 0.286. The van der Waals surface area contributed by atoms with E-state index in [2.05, 4.69) is 5.32 Å². The van der Waals surface area contributed by atoms with Crippen LogP contribution in [0.2, 0.25) is 10.0 Å². The van der Waals surface area contributed by atoms with E-state index < -0.39 is 22.9 Å². The lowest BCUT2D eigenvalue weighted by Gasteiger charge is -2.26. The van der Waals surface area contributed by atoms with Crippen molar-refractivity contribution in [2.75, 3.05) is 11.5 Å². The zero-order chi connectivity index (χ0) is 22.1. The van der Waals surface area contributed by atoms with E-state index in [0.29, 0.717) is 28.2 Å². The molecule has 0 radical (unpaired) electrons. The van der Waals surface area contributed by atoms with Crippen LogP contribution >= 0.6 is 23.2 Å². The third kappa shape index (κ3) is 5.65. The van der Waals surface area contributed by atoms with Gasteiger partial charge >= 0.3 is 6.18 Å². The number of halogens is 5. The van der Waals surface area contributed by atoms with Gasteiger partial charge in [0.1, 0.15) is 0 Å². The molecule has 1 heterocycles. The van der Waals surface area contributed by atoms with E-state index in [0.717, 1.165) is 6.08 Å². The number of benzene rings is 2. The normalized spacial score (nSPS) is 20.1. The molecule has 3 nitrogen and oxygen atoms in total. The number of hydrogen-bond donors (Lipinski definition) is 1. The topological polar surface area (TPSA) is 46.2 Å². The predicted molar refractivity (Wildman–Crippen MR) is 115 cm³/mol. The van der Waals surface area contributed by atoms with Crippen LogP contribution in [0.1, 0.15) is 33.0 Å². The van der Waals surface area contributed by atoms with Gasteiger partial charge in [-0.15, -0.1) is 0 Å². The van der Waals surface area contributed by atoms with E-state index in [1.54, 1.807) is 25.1 Å². The molecular formula is C21H18Cl2F3NO2S. The summed E-state index contributed by atoms with van der Waals surface area (Å²) < 4.78 is 51.9. The molecule has 1 aliphatic heterocycles. The van der Waals surface area contributed by atoms with Crippen molar-refractivity contribution in [1.82, 2.24) is 5.32 Å². The number of allylic oxidation sites excluding steroid dienone is 1. The number of carbonyl (C=O) groups excluding carboxylic acids is 1. The van der Waals surface area contributed by atoms with Crippen molar-refractivity contribution in [3.8, 4) is 0 Å². The molecule has 3 rings (SSSR count). The maximum absolute atomic E-state index is 13.6. The SMILES string of the molecule is Cc1cc(/C=C/[C@@H](c2cc(Cl)cc(Cl)c2)C(F)(F)F)ccc1C(=O)NC1CS(=O)C1. The molecule has 1 amide bonds. The van der Waals surface area contributed by atoms with E-state index in [1.165, 1.54) is 24.3 Å². The molecule has 1 saturated heterocycles. The van der Waals surface area contributed by atoms with Crippen molar-refractivity contribution < 1.29 is 22.2 Å². The molecule has 0 aromatic heterocycles. The van der Waals surface area contributed by atoms with Crippen LogP contribution in [0.4, 0.5) is 13.2 Å². The maximum Gasteiger partial charge on any atom is 0.399 e. The second-order valence-corrected chi connectivity index (χ2v) is 9.52. The van der Waals surface area contributed by atoms with Gasteiger partial charge in [-0.25, -0.2) is 0 Å². The molecule has 1 atom stereocenters. The molecule has 1 aliphatic rings. The molecule has 0 bridgehead atoms. The Bertz CT molecular complexity index is 996. The highest BCUT2D eigenvalue weighted by atomic mass is 35.5. The summed E-state index contributed by atoms with van der Waals surface area (Å²) in [5, 5.41) is 3.05. The third-order valence-corrected chi connectivity index (χ3v) is 6.67.